The third-order valence-electron chi connectivity index (χ3n) is 17.5. The number of amidine groups is 2. The number of carbonyl (C=O) groups is 6. The van der Waals surface area contributed by atoms with E-state index in [0.717, 1.165) is 33.4 Å². The zero-order valence-corrected chi connectivity index (χ0v) is 59.5. The number of rotatable bonds is 23. The Kier molecular flexibility index (Phi) is 23.8. The van der Waals surface area contributed by atoms with Crippen LogP contribution >= 0.6 is 46.4 Å². The minimum atomic E-state index is -0.656. The molecular formula is C74H84Cl4N10O10. The number of carbonyl (C=O) groups excluding carboxylic acids is 6. The van der Waals surface area contributed by atoms with Crippen molar-refractivity contribution >= 4 is 93.8 Å². The largest absolute Gasteiger partial charge is 0.493 e. The lowest BCUT2D eigenvalue weighted by molar-refractivity contribution is -0.139. The molecule has 2 fully saturated rings. The van der Waals surface area contributed by atoms with Crippen LogP contribution in [-0.4, -0.2) is 182 Å². The number of nitrogens with one attached hydrogen (secondary N) is 2. The molecular weight excluding hydrogens is 1330 g/mol. The van der Waals surface area contributed by atoms with Gasteiger partial charge in [0, 0.05) is 59.4 Å². The van der Waals surface area contributed by atoms with Gasteiger partial charge in [-0.25, -0.2) is 9.59 Å². The molecule has 0 spiro atoms. The number of amides is 8. The Balaban J connectivity index is 0.672. The zero-order valence-electron chi connectivity index (χ0n) is 56.5. The van der Waals surface area contributed by atoms with E-state index in [0.29, 0.717) is 67.6 Å². The predicted octanol–water partition coefficient (Wildman–Crippen LogP) is 12.3. The van der Waals surface area contributed by atoms with Gasteiger partial charge >= 0.3 is 12.1 Å². The van der Waals surface area contributed by atoms with Crippen LogP contribution in [-0.2, 0) is 39.5 Å². The maximum absolute atomic E-state index is 15.2. The minimum Gasteiger partial charge on any atom is -0.493 e. The van der Waals surface area contributed by atoms with Crippen LogP contribution in [0.3, 0.4) is 0 Å². The molecule has 24 heteroatoms. The number of ether oxygens (including phenoxy) is 4. The fourth-order valence-corrected chi connectivity index (χ4v) is 12.8. The summed E-state index contributed by atoms with van der Waals surface area (Å²) in [6.07, 6.45) is 0. The Hall–Kier alpha value is -8.24. The Bertz CT molecular complexity index is 3670. The number of halogens is 4. The molecule has 0 radical (unpaired) electrons. The van der Waals surface area contributed by atoms with E-state index in [9.17, 15) is 19.2 Å². The summed E-state index contributed by atoms with van der Waals surface area (Å²) >= 11 is 25.6. The first-order valence-corrected chi connectivity index (χ1v) is 34.5. The molecule has 0 saturated carbocycles. The Morgan fingerprint density at radius 3 is 1.12 bits per heavy atom. The molecule has 6 aromatic carbocycles. The van der Waals surface area contributed by atoms with Crippen LogP contribution in [0, 0.1) is 0 Å². The maximum Gasteiger partial charge on any atom is 0.326 e. The molecule has 2 N–H and O–H groups in total. The van der Waals surface area contributed by atoms with Gasteiger partial charge in [-0.05, 0) is 131 Å². The lowest BCUT2D eigenvalue weighted by Gasteiger charge is -2.38. The van der Waals surface area contributed by atoms with E-state index >= 15 is 9.59 Å². The van der Waals surface area contributed by atoms with Gasteiger partial charge in [-0.3, -0.25) is 39.0 Å². The van der Waals surface area contributed by atoms with E-state index in [2.05, 4.69) is 52.2 Å². The number of urea groups is 2. The molecule has 98 heavy (non-hydrogen) atoms. The van der Waals surface area contributed by atoms with Gasteiger partial charge in [-0.15, -0.1) is 0 Å². The fraction of sp³-hybridized carbons (Fsp3) is 0.405. The molecule has 0 aromatic heterocycles. The first-order valence-electron chi connectivity index (χ1n) is 33.0. The monoisotopic (exact) mass is 1410 g/mol. The second kappa shape index (κ2) is 32.2. The molecule has 4 unspecified atom stereocenters. The zero-order chi connectivity index (χ0) is 70.0. The highest BCUT2D eigenvalue weighted by atomic mass is 35.5. The van der Waals surface area contributed by atoms with Gasteiger partial charge in [0.15, 0.2) is 0 Å². The number of hydrogen-bond acceptors (Lipinski definition) is 12. The maximum atomic E-state index is 15.2. The molecule has 10 rings (SSSR count). The van der Waals surface area contributed by atoms with Gasteiger partial charge in [0.05, 0.1) is 75.9 Å². The lowest BCUT2D eigenvalue weighted by Crippen LogP contribution is -2.57. The molecule has 4 aliphatic rings. The average Bonchev–Trinajstić information content (AvgIpc) is 1.59. The third-order valence-corrected chi connectivity index (χ3v) is 18.5. The van der Waals surface area contributed by atoms with Crippen LogP contribution < -0.4 is 20.1 Å². The van der Waals surface area contributed by atoms with Gasteiger partial charge in [-0.1, -0.05) is 149 Å². The smallest absolute Gasteiger partial charge is 0.326 e. The van der Waals surface area contributed by atoms with Crippen molar-refractivity contribution in [3.63, 3.8) is 0 Å². The van der Waals surface area contributed by atoms with E-state index in [1.54, 1.807) is 58.3 Å². The predicted molar refractivity (Wildman–Crippen MR) is 381 cm³/mol. The second-order valence-corrected chi connectivity index (χ2v) is 28.1. The number of nitrogens with zero attached hydrogens (tertiary/aromatic N) is 8. The van der Waals surface area contributed by atoms with Crippen LogP contribution in [0.1, 0.15) is 124 Å². The summed E-state index contributed by atoms with van der Waals surface area (Å²) < 4.78 is 23.9. The van der Waals surface area contributed by atoms with Crippen LogP contribution in [0.2, 0.25) is 20.1 Å². The number of piperazine rings is 2. The average molecular weight is 1420 g/mol. The van der Waals surface area contributed by atoms with E-state index in [1.165, 1.54) is 19.6 Å². The molecule has 4 atom stereocenters. The van der Waals surface area contributed by atoms with Crippen molar-refractivity contribution < 1.29 is 47.7 Å². The van der Waals surface area contributed by atoms with Gasteiger partial charge in [-0.2, -0.15) is 0 Å². The summed E-state index contributed by atoms with van der Waals surface area (Å²) in [6, 6.07) is 37.9. The van der Waals surface area contributed by atoms with Crippen molar-refractivity contribution in [1.29, 1.82) is 0 Å². The van der Waals surface area contributed by atoms with Gasteiger partial charge in [0.1, 0.15) is 48.3 Å². The molecule has 518 valence electrons. The van der Waals surface area contributed by atoms with E-state index in [4.69, 9.17) is 75.3 Å². The van der Waals surface area contributed by atoms with Crippen molar-refractivity contribution in [2.24, 2.45) is 9.98 Å². The van der Waals surface area contributed by atoms with Crippen LogP contribution in [0.5, 0.6) is 11.5 Å². The van der Waals surface area contributed by atoms with Crippen LogP contribution in [0.4, 0.5) is 9.59 Å². The summed E-state index contributed by atoms with van der Waals surface area (Å²) in [6.45, 7) is 17.9. The SMILES string of the molecule is CCOc1cc(C(C)(C)C)ccc1C1=NC(c2ccc(Cl)cc2)C(c2ccc(Cl)cc2)N1C(=O)N1CCN(CC(=O)NCCOCCOCCNC(=O)CN2CCN(C(=O)N3C(c4ccc(C(C)(C)C)cc4OCC)=NC(c4ccc(Cl)cc4)C3c3ccc(Cl)cc3)CC2=O)C(=O)C1. The van der Waals surface area contributed by atoms with Crippen molar-refractivity contribution in [1.82, 2.24) is 40.0 Å². The third kappa shape index (κ3) is 17.4. The number of hydrogen-bond donors (Lipinski definition) is 2. The molecule has 2 saturated heterocycles. The lowest BCUT2D eigenvalue weighted by atomic mass is 9.86. The summed E-state index contributed by atoms with van der Waals surface area (Å²) in [7, 11) is 0. The van der Waals surface area contributed by atoms with E-state index < -0.39 is 48.0 Å². The fourth-order valence-electron chi connectivity index (χ4n) is 12.3. The van der Waals surface area contributed by atoms with Gasteiger partial charge < -0.3 is 49.2 Å². The van der Waals surface area contributed by atoms with Gasteiger partial charge in [0.25, 0.3) is 0 Å². The van der Waals surface area contributed by atoms with E-state index in [1.807, 2.05) is 98.8 Å². The van der Waals surface area contributed by atoms with Crippen molar-refractivity contribution in [3.05, 3.63) is 198 Å². The molecule has 0 aliphatic carbocycles. The first-order chi connectivity index (χ1) is 46.9. The van der Waals surface area contributed by atoms with Gasteiger partial charge in [0.2, 0.25) is 23.6 Å². The highest BCUT2D eigenvalue weighted by Crippen LogP contribution is 2.48. The summed E-state index contributed by atoms with van der Waals surface area (Å²) in [4.78, 5) is 104. The number of aliphatic imine (C=N–C) groups is 2. The van der Waals surface area contributed by atoms with Crippen LogP contribution in [0.25, 0.3) is 0 Å². The Morgan fingerprint density at radius 1 is 0.469 bits per heavy atom. The van der Waals surface area contributed by atoms with Crippen LogP contribution in [0.15, 0.2) is 143 Å². The number of benzene rings is 6. The second-order valence-electron chi connectivity index (χ2n) is 26.4. The Labute approximate surface area is 593 Å². The van der Waals surface area contributed by atoms with Crippen molar-refractivity contribution in [3.8, 4) is 11.5 Å². The summed E-state index contributed by atoms with van der Waals surface area (Å²) in [5, 5.41) is 7.78. The normalized spacial score (nSPS) is 18.2. The highest BCUT2D eigenvalue weighted by molar-refractivity contribution is 6.31. The molecule has 4 aliphatic heterocycles. The molecule has 20 nitrogen and oxygen atoms in total. The quantitative estimate of drug-likeness (QED) is 0.0580. The van der Waals surface area contributed by atoms with Crippen molar-refractivity contribution in [2.45, 2.75) is 90.4 Å². The summed E-state index contributed by atoms with van der Waals surface area (Å²) in [5.41, 5.74) is 6.14. The van der Waals surface area contributed by atoms with E-state index in [-0.39, 0.29) is 115 Å². The Morgan fingerprint density at radius 2 is 0.806 bits per heavy atom. The first kappa shape index (κ1) is 72.5. The summed E-state index contributed by atoms with van der Waals surface area (Å²) in [5.74, 6) is 0.360. The molecule has 6 aromatic rings. The molecule has 0 bridgehead atoms. The minimum absolute atomic E-state index is 0.115. The molecule has 4 heterocycles. The highest BCUT2D eigenvalue weighted by Gasteiger charge is 2.48. The topological polar surface area (TPSA) is 208 Å². The molecule has 8 amide bonds. The van der Waals surface area contributed by atoms with Crippen molar-refractivity contribution in [2.75, 3.05) is 105 Å². The standard InChI is InChI=1S/C74H84Cl4N10O10/c1-9-97-59-41-51(73(3,4)5)19-29-57(59)69-81-65(47-11-21-53(75)22-12-47)67(49-15-25-55(77)26-16-49)87(69)71(93)85-35-33-83(63(91)45-85)43-61(89)79-31-37-95-39-40-96-38-32-80-62(90)44-84-34-36-86(46-64(84)92)72(94)88-68(50-17-27-56(78)28-18-50)66(48-13-23-54(76)24-14-48)82-70(88)58-30-20-52(74(6,7)8)42-60(58)98-10-2/h11-30,41-42,65-68H,9-10,31-40,43-46H2,1-8H3,(H,79,89)(H,80,90).